The Morgan fingerprint density at radius 3 is 3.20 bits per heavy atom. The summed E-state index contributed by atoms with van der Waals surface area (Å²) < 4.78 is 0. The minimum absolute atomic E-state index is 0.0775. The summed E-state index contributed by atoms with van der Waals surface area (Å²) in [6, 6.07) is 0. The van der Waals surface area contributed by atoms with Gasteiger partial charge in [0.15, 0.2) is 0 Å². The number of nitrogens with one attached hydrogen (secondary N) is 2. The molecule has 0 saturated carbocycles. The Kier molecular flexibility index (Phi) is 1.35. The maximum absolute atomic E-state index is 10.8. The molecule has 0 amide bonds. The van der Waals surface area contributed by atoms with Crippen molar-refractivity contribution < 1.29 is 0 Å². The first kappa shape index (κ1) is 6.12. The van der Waals surface area contributed by atoms with Gasteiger partial charge >= 0.3 is 4.87 Å². The monoisotopic (exact) mass is 156 g/mol. The van der Waals surface area contributed by atoms with Crippen molar-refractivity contribution in [2.24, 2.45) is 0 Å². The Hall–Kier alpha value is -0.610. The Labute approximate surface area is 62.1 Å². The highest BCUT2D eigenvalue weighted by atomic mass is 32.1. The van der Waals surface area contributed by atoms with Crippen molar-refractivity contribution >= 4 is 11.3 Å². The van der Waals surface area contributed by atoms with Crippen molar-refractivity contribution in [2.75, 3.05) is 6.54 Å². The average Bonchev–Trinajstić information content (AvgIpc) is 2.27. The summed E-state index contributed by atoms with van der Waals surface area (Å²) in [6.07, 6.45) is 0.966. The van der Waals surface area contributed by atoms with Gasteiger partial charge in [0.2, 0.25) is 0 Å². The highest BCUT2D eigenvalue weighted by Gasteiger charge is 2.10. The molecule has 0 radical (unpaired) electrons. The number of fused-ring (bicyclic) bond motifs is 1. The van der Waals surface area contributed by atoms with E-state index in [9.17, 15) is 4.79 Å². The van der Waals surface area contributed by atoms with Gasteiger partial charge in [-0.05, 0) is 0 Å². The molecule has 1 aliphatic rings. The lowest BCUT2D eigenvalue weighted by Gasteiger charge is -2.09. The van der Waals surface area contributed by atoms with Crippen molar-refractivity contribution in [3.8, 4) is 0 Å². The van der Waals surface area contributed by atoms with Gasteiger partial charge < -0.3 is 10.3 Å². The topological polar surface area (TPSA) is 44.9 Å². The van der Waals surface area contributed by atoms with Crippen LogP contribution in [0.25, 0.3) is 0 Å². The van der Waals surface area contributed by atoms with Crippen molar-refractivity contribution in [1.29, 1.82) is 0 Å². The Morgan fingerprint density at radius 2 is 2.40 bits per heavy atom. The quantitative estimate of drug-likeness (QED) is 0.559. The lowest BCUT2D eigenvalue weighted by atomic mass is 10.2. The van der Waals surface area contributed by atoms with E-state index in [0.29, 0.717) is 0 Å². The van der Waals surface area contributed by atoms with Crippen LogP contribution in [0.4, 0.5) is 0 Å². The number of hydrogen-bond acceptors (Lipinski definition) is 3. The molecular weight excluding hydrogens is 148 g/mol. The number of hydrogen-bond donors (Lipinski definition) is 2. The highest BCUT2D eigenvalue weighted by Crippen LogP contribution is 2.12. The fraction of sp³-hybridized carbons (Fsp3) is 0.500. The standard InChI is InChI=1S/C6H8N2OS/c9-6-8-4-1-2-7-3-5(4)10-6/h7H,1-3H2,(H,8,9). The maximum Gasteiger partial charge on any atom is 0.304 e. The fourth-order valence-corrected chi connectivity index (χ4v) is 2.00. The van der Waals surface area contributed by atoms with Crippen LogP contribution < -0.4 is 10.2 Å². The zero-order valence-corrected chi connectivity index (χ0v) is 6.25. The molecule has 1 aliphatic heterocycles. The van der Waals surface area contributed by atoms with Gasteiger partial charge in [-0.25, -0.2) is 0 Å². The molecular formula is C6H8N2OS. The molecule has 10 heavy (non-hydrogen) atoms. The first-order valence-electron chi connectivity index (χ1n) is 3.28. The molecule has 4 heteroatoms. The van der Waals surface area contributed by atoms with E-state index in [-0.39, 0.29) is 4.87 Å². The molecule has 0 fully saturated rings. The third-order valence-corrected chi connectivity index (χ3v) is 2.57. The minimum Gasteiger partial charge on any atom is -0.316 e. The van der Waals surface area contributed by atoms with E-state index >= 15 is 0 Å². The number of rotatable bonds is 0. The first-order chi connectivity index (χ1) is 4.86. The fourth-order valence-electron chi connectivity index (χ4n) is 1.15. The first-order valence-corrected chi connectivity index (χ1v) is 4.09. The van der Waals surface area contributed by atoms with Crippen LogP contribution in [0.15, 0.2) is 4.79 Å². The SMILES string of the molecule is O=c1[nH]c2c(s1)CNCC2. The molecule has 2 N–H and O–H groups in total. The van der Waals surface area contributed by atoms with E-state index in [4.69, 9.17) is 0 Å². The summed E-state index contributed by atoms with van der Waals surface area (Å²) in [5.74, 6) is 0. The van der Waals surface area contributed by atoms with E-state index < -0.39 is 0 Å². The van der Waals surface area contributed by atoms with Crippen LogP contribution >= 0.6 is 11.3 Å². The molecule has 1 aromatic rings. The zero-order valence-electron chi connectivity index (χ0n) is 5.44. The molecule has 0 atom stereocenters. The van der Waals surface area contributed by atoms with Crippen LogP contribution in [-0.2, 0) is 13.0 Å². The maximum atomic E-state index is 10.8. The summed E-state index contributed by atoms with van der Waals surface area (Å²) in [5.41, 5.74) is 1.13. The van der Waals surface area contributed by atoms with Crippen LogP contribution in [0.5, 0.6) is 0 Å². The predicted molar refractivity (Wildman–Crippen MR) is 40.4 cm³/mol. The van der Waals surface area contributed by atoms with Gasteiger partial charge in [0, 0.05) is 30.1 Å². The molecule has 2 rings (SSSR count). The summed E-state index contributed by atoms with van der Waals surface area (Å²) in [5, 5.41) is 3.21. The Morgan fingerprint density at radius 1 is 1.50 bits per heavy atom. The molecule has 54 valence electrons. The van der Waals surface area contributed by atoms with Gasteiger partial charge in [0.05, 0.1) is 0 Å². The van der Waals surface area contributed by atoms with Crippen molar-refractivity contribution in [2.45, 2.75) is 13.0 Å². The molecule has 3 nitrogen and oxygen atoms in total. The highest BCUT2D eigenvalue weighted by molar-refractivity contribution is 7.09. The van der Waals surface area contributed by atoms with E-state index in [1.54, 1.807) is 0 Å². The molecule has 1 aromatic heterocycles. The molecule has 0 spiro atoms. The number of thiazole rings is 1. The summed E-state index contributed by atoms with van der Waals surface area (Å²) >= 11 is 1.32. The van der Waals surface area contributed by atoms with Crippen LogP contribution in [0.3, 0.4) is 0 Å². The summed E-state index contributed by atoms with van der Waals surface area (Å²) in [7, 11) is 0. The average molecular weight is 156 g/mol. The van der Waals surface area contributed by atoms with Crippen molar-refractivity contribution in [3.63, 3.8) is 0 Å². The van der Waals surface area contributed by atoms with Gasteiger partial charge in [-0.3, -0.25) is 4.79 Å². The van der Waals surface area contributed by atoms with Crippen LogP contribution in [0.1, 0.15) is 10.6 Å². The van der Waals surface area contributed by atoms with Gasteiger partial charge in [0.1, 0.15) is 0 Å². The van der Waals surface area contributed by atoms with Crippen LogP contribution in [0.2, 0.25) is 0 Å². The lowest BCUT2D eigenvalue weighted by molar-refractivity contribution is 0.643. The van der Waals surface area contributed by atoms with E-state index in [1.165, 1.54) is 16.2 Å². The second-order valence-electron chi connectivity index (χ2n) is 2.34. The van der Waals surface area contributed by atoms with Crippen molar-refractivity contribution in [3.05, 3.63) is 20.2 Å². The van der Waals surface area contributed by atoms with E-state index in [2.05, 4.69) is 10.3 Å². The number of aromatic amines is 1. The summed E-state index contributed by atoms with van der Waals surface area (Å²) in [4.78, 5) is 14.9. The lowest BCUT2D eigenvalue weighted by Crippen LogP contribution is -2.22. The molecule has 0 aromatic carbocycles. The largest absolute Gasteiger partial charge is 0.316 e. The number of aromatic nitrogens is 1. The van der Waals surface area contributed by atoms with Gasteiger partial charge in [-0.2, -0.15) is 0 Å². The van der Waals surface area contributed by atoms with Gasteiger partial charge in [-0.15, -0.1) is 0 Å². The molecule has 0 saturated heterocycles. The molecule has 2 heterocycles. The second-order valence-corrected chi connectivity index (χ2v) is 3.41. The predicted octanol–water partition coefficient (Wildman–Crippen LogP) is 0.0821. The summed E-state index contributed by atoms with van der Waals surface area (Å²) in [6.45, 7) is 1.85. The second kappa shape index (κ2) is 2.21. The third-order valence-electron chi connectivity index (χ3n) is 1.64. The minimum atomic E-state index is 0.0775. The third kappa shape index (κ3) is 0.892. The smallest absolute Gasteiger partial charge is 0.304 e. The zero-order chi connectivity index (χ0) is 6.97. The number of H-pyrrole nitrogens is 1. The van der Waals surface area contributed by atoms with Crippen molar-refractivity contribution in [1.82, 2.24) is 10.3 Å². The molecule has 0 unspecified atom stereocenters. The normalized spacial score (nSPS) is 16.8. The van der Waals surface area contributed by atoms with Crippen LogP contribution in [0, 0.1) is 0 Å². The Balaban J connectivity index is 2.50. The Bertz CT molecular complexity index is 262. The van der Waals surface area contributed by atoms with E-state index in [1.807, 2.05) is 0 Å². The molecule has 0 aliphatic carbocycles. The molecule has 0 bridgehead atoms. The van der Waals surface area contributed by atoms with Gasteiger partial charge in [-0.1, -0.05) is 11.3 Å². The van der Waals surface area contributed by atoms with Gasteiger partial charge in [0.25, 0.3) is 0 Å². The van der Waals surface area contributed by atoms with Crippen LogP contribution in [-0.4, -0.2) is 11.5 Å². The van der Waals surface area contributed by atoms with E-state index in [0.717, 1.165) is 25.2 Å².